The summed E-state index contributed by atoms with van der Waals surface area (Å²) < 4.78 is 18.4. The first-order valence-corrected chi connectivity index (χ1v) is 22.1. The van der Waals surface area contributed by atoms with E-state index >= 15 is 0 Å². The fraction of sp³-hybridized carbons (Fsp3) is 0.380. The van der Waals surface area contributed by atoms with E-state index in [1.165, 1.54) is 5.57 Å². The maximum Gasteiger partial charge on any atom is 0.327 e. The van der Waals surface area contributed by atoms with Crippen LogP contribution >= 0.6 is 0 Å². The Kier molecular flexibility index (Phi) is 14.1. The normalized spacial score (nSPS) is 18.1. The van der Waals surface area contributed by atoms with Gasteiger partial charge >= 0.3 is 5.97 Å². The minimum absolute atomic E-state index is 0. The third kappa shape index (κ3) is 10.1. The first-order chi connectivity index (χ1) is 31.4. The van der Waals surface area contributed by atoms with Crippen LogP contribution in [-0.4, -0.2) is 127 Å². The number of benzene rings is 4. The molecule has 16 heteroatoms. The van der Waals surface area contributed by atoms with Gasteiger partial charge in [0.05, 0.1) is 19.8 Å². The molecule has 0 amide bonds. The number of carboxylic acids is 1. The highest BCUT2D eigenvalue weighted by molar-refractivity contribution is 5.87. The largest absolute Gasteiger partial charge is 0.482 e. The van der Waals surface area contributed by atoms with Gasteiger partial charge in [0.2, 0.25) is 11.6 Å². The fourth-order valence-electron chi connectivity index (χ4n) is 9.11. The van der Waals surface area contributed by atoms with Gasteiger partial charge in [-0.3, -0.25) is 9.69 Å². The molecule has 0 unspecified atom stereocenters. The Balaban J connectivity index is 0.000000175. The predicted molar refractivity (Wildman–Crippen MR) is 253 cm³/mol. The van der Waals surface area contributed by atoms with Crippen LogP contribution in [0.15, 0.2) is 109 Å². The van der Waals surface area contributed by atoms with Gasteiger partial charge in [-0.2, -0.15) is 9.59 Å². The second-order valence-electron chi connectivity index (χ2n) is 16.8. The highest BCUT2D eigenvalue weighted by Gasteiger charge is 2.38. The number of hydrogen-bond donors (Lipinski definition) is 3. The number of ether oxygens (including phenoxy) is 3. The maximum atomic E-state index is 10.9. The topological polar surface area (TPSA) is 179 Å². The van der Waals surface area contributed by atoms with Gasteiger partial charge in [-0.25, -0.2) is 0 Å². The third-order valence-corrected chi connectivity index (χ3v) is 12.5. The molecule has 2 spiro atoms. The van der Waals surface area contributed by atoms with E-state index in [0.717, 1.165) is 147 Å². The summed E-state index contributed by atoms with van der Waals surface area (Å²) in [6, 6.07) is 32.9. The molecular weight excluding hydrogens is 835 g/mol. The van der Waals surface area contributed by atoms with Crippen LogP contribution in [0, 0.1) is 0 Å². The molecule has 0 bridgehead atoms. The predicted octanol–water partition coefficient (Wildman–Crippen LogP) is 6.26. The Morgan fingerprint density at radius 1 is 0.606 bits per heavy atom. The number of tetrazole rings is 2. The molecule has 0 radical (unpaired) electrons. The van der Waals surface area contributed by atoms with Crippen LogP contribution in [0.5, 0.6) is 11.5 Å². The first-order valence-electron chi connectivity index (χ1n) is 22.1. The van der Waals surface area contributed by atoms with Crippen LogP contribution in [0.1, 0.15) is 62.8 Å². The van der Waals surface area contributed by atoms with Gasteiger partial charge in [0.1, 0.15) is 22.7 Å². The standard InChI is InChI=1S/C26H30N6O2.C22H21N5O3.2CH4/c1-2-7-24-22(6-1)23(19-26(34-24)8-10-27-11-9-26)20-4-3-5-21(18-20)25-28-30-32(29-25)13-12-31-14-16-33-17-15-31;28-20(29)14-27-25-21(24-26-27)16-5-3-4-15(12-16)18-13-22(8-10-23-11-9-22)30-19-7-2-1-6-17(18)19;;/h1-7,18-19,27H,8-17H2;1-7,12-13,23H,8-11,14H2,(H,28,29);2*1H4. The zero-order valence-electron chi connectivity index (χ0n) is 35.6. The fourth-order valence-corrected chi connectivity index (χ4v) is 9.11. The van der Waals surface area contributed by atoms with Crippen molar-refractivity contribution in [3.05, 3.63) is 131 Å². The van der Waals surface area contributed by atoms with Crippen molar-refractivity contribution in [1.82, 2.24) is 55.9 Å². The number of hydrogen-bond acceptors (Lipinski definition) is 13. The van der Waals surface area contributed by atoms with Crippen molar-refractivity contribution in [2.45, 2.75) is 64.8 Å². The number of rotatable bonds is 9. The molecule has 4 aromatic carbocycles. The van der Waals surface area contributed by atoms with Crippen LogP contribution in [-0.2, 0) is 22.6 Å². The monoisotopic (exact) mass is 893 g/mol. The smallest absolute Gasteiger partial charge is 0.327 e. The maximum absolute atomic E-state index is 10.9. The van der Waals surface area contributed by atoms with E-state index in [2.05, 4.69) is 113 Å². The van der Waals surface area contributed by atoms with Gasteiger partial charge in [-0.15, -0.1) is 20.4 Å². The summed E-state index contributed by atoms with van der Waals surface area (Å²) in [4.78, 5) is 16.0. The van der Waals surface area contributed by atoms with Gasteiger partial charge in [-0.1, -0.05) is 87.6 Å². The molecule has 3 saturated heterocycles. The van der Waals surface area contributed by atoms with Gasteiger partial charge in [0.15, 0.2) is 6.54 Å². The molecule has 6 aromatic rings. The van der Waals surface area contributed by atoms with Crippen LogP contribution in [0.25, 0.3) is 33.9 Å². The zero-order chi connectivity index (χ0) is 43.4. The van der Waals surface area contributed by atoms with Crippen LogP contribution < -0.4 is 20.1 Å². The van der Waals surface area contributed by atoms with E-state index in [-0.39, 0.29) is 32.6 Å². The number of aliphatic carboxylic acids is 1. The van der Waals surface area contributed by atoms with E-state index in [1.54, 1.807) is 4.80 Å². The van der Waals surface area contributed by atoms with Crippen molar-refractivity contribution in [2.24, 2.45) is 0 Å². The molecule has 344 valence electrons. The van der Waals surface area contributed by atoms with E-state index in [9.17, 15) is 4.79 Å². The van der Waals surface area contributed by atoms with Crippen molar-refractivity contribution in [2.75, 3.05) is 59.0 Å². The molecule has 2 aromatic heterocycles. The minimum atomic E-state index is -1.01. The van der Waals surface area contributed by atoms with Crippen molar-refractivity contribution in [3.8, 4) is 34.3 Å². The highest BCUT2D eigenvalue weighted by atomic mass is 16.5. The Morgan fingerprint density at radius 2 is 1.08 bits per heavy atom. The number of fused-ring (bicyclic) bond motifs is 2. The lowest BCUT2D eigenvalue weighted by molar-refractivity contribution is -0.138. The summed E-state index contributed by atoms with van der Waals surface area (Å²) in [5, 5.41) is 41.1. The van der Waals surface area contributed by atoms with E-state index in [0.29, 0.717) is 11.6 Å². The lowest BCUT2D eigenvalue weighted by atomic mass is 9.83. The van der Waals surface area contributed by atoms with Gasteiger partial charge in [-0.05, 0) is 95.3 Å². The van der Waals surface area contributed by atoms with Gasteiger partial charge in [0.25, 0.3) is 0 Å². The van der Waals surface area contributed by atoms with E-state index < -0.39 is 5.97 Å². The average molecular weight is 894 g/mol. The number of morpholine rings is 1. The van der Waals surface area contributed by atoms with Crippen LogP contribution in [0.4, 0.5) is 0 Å². The SMILES string of the molecule is C.C.C1=C(c2cccc(-c3nnn(CCN4CCOCC4)n3)c2)c2ccccc2OC12CCNCC2.O=C(O)Cn1nnc(-c2cccc(C3=CC4(CCNCC4)Oc4ccccc43)c2)n1. The lowest BCUT2D eigenvalue weighted by Crippen LogP contribution is -2.46. The molecule has 3 N–H and O–H groups in total. The van der Waals surface area contributed by atoms with Crippen LogP contribution in [0.3, 0.4) is 0 Å². The van der Waals surface area contributed by atoms with Gasteiger partial charge < -0.3 is 30.0 Å². The highest BCUT2D eigenvalue weighted by Crippen LogP contribution is 2.44. The molecule has 66 heavy (non-hydrogen) atoms. The van der Waals surface area contributed by atoms with E-state index in [4.69, 9.17) is 19.3 Å². The average Bonchev–Trinajstić information content (AvgIpc) is 4.02. The molecule has 5 aliphatic heterocycles. The third-order valence-electron chi connectivity index (χ3n) is 12.5. The molecule has 16 nitrogen and oxygen atoms in total. The molecule has 3 fully saturated rings. The number of para-hydroxylation sites is 2. The number of nitrogens with one attached hydrogen (secondary N) is 2. The van der Waals surface area contributed by atoms with Crippen molar-refractivity contribution >= 4 is 17.1 Å². The molecular formula is C50H59N11O5. The number of carbonyl (C=O) groups is 1. The summed E-state index contributed by atoms with van der Waals surface area (Å²) in [7, 11) is 0. The van der Waals surface area contributed by atoms with E-state index in [1.807, 2.05) is 42.5 Å². The zero-order valence-corrected chi connectivity index (χ0v) is 35.6. The summed E-state index contributed by atoms with van der Waals surface area (Å²) in [5.41, 5.74) is 7.90. The van der Waals surface area contributed by atoms with Gasteiger partial charge in [0, 0.05) is 67.6 Å². The van der Waals surface area contributed by atoms with Crippen LogP contribution in [0.2, 0.25) is 0 Å². The molecule has 5 aliphatic rings. The second-order valence-corrected chi connectivity index (χ2v) is 16.8. The lowest BCUT2D eigenvalue weighted by Gasteiger charge is -2.40. The second kappa shape index (κ2) is 20.3. The quantitative estimate of drug-likeness (QED) is 0.148. The molecule has 7 heterocycles. The summed E-state index contributed by atoms with van der Waals surface area (Å²) in [6.45, 7) is 8.58. The Hall–Kier alpha value is -6.59. The Bertz CT molecular complexity index is 2670. The molecule has 0 atom stereocenters. The van der Waals surface area contributed by atoms with Crippen molar-refractivity contribution in [3.63, 3.8) is 0 Å². The molecule has 0 saturated carbocycles. The first kappa shape index (κ1) is 46.0. The van der Waals surface area contributed by atoms with Crippen molar-refractivity contribution < 1.29 is 24.1 Å². The molecule has 0 aliphatic carbocycles. The summed E-state index contributed by atoms with van der Waals surface area (Å²) >= 11 is 0. The minimum Gasteiger partial charge on any atom is -0.482 e. The summed E-state index contributed by atoms with van der Waals surface area (Å²) in [6.07, 6.45) is 8.34. The number of carboxylic acid groups (broad SMARTS) is 1. The van der Waals surface area contributed by atoms with Crippen molar-refractivity contribution in [1.29, 1.82) is 0 Å². The number of aromatic nitrogens is 8. The summed E-state index contributed by atoms with van der Waals surface area (Å²) in [5.74, 6) is 1.90. The number of piperidine rings is 2. The molecule has 11 rings (SSSR count). The number of nitrogens with zero attached hydrogens (tertiary/aromatic N) is 9. The Labute approximate surface area is 385 Å². The Morgan fingerprint density at radius 3 is 1.59 bits per heavy atom.